The molecule has 4 amide bonds. The second-order valence-electron chi connectivity index (χ2n) is 5.07. The van der Waals surface area contributed by atoms with Gasteiger partial charge in [-0.25, -0.2) is 9.69 Å². The summed E-state index contributed by atoms with van der Waals surface area (Å²) in [5, 5.41) is 2.18. The molecule has 0 unspecified atom stereocenters. The number of anilines is 1. The third-order valence-electron chi connectivity index (χ3n) is 3.54. The van der Waals surface area contributed by atoms with E-state index in [0.29, 0.717) is 17.0 Å². The number of nitrogens with zero attached hydrogens (tertiary/aromatic N) is 1. The molecule has 1 heterocycles. The summed E-state index contributed by atoms with van der Waals surface area (Å²) in [5.41, 5.74) is 0.946. The van der Waals surface area contributed by atoms with Crippen LogP contribution in [0.25, 0.3) is 6.08 Å². The van der Waals surface area contributed by atoms with Gasteiger partial charge in [-0.15, -0.1) is 0 Å². The first-order valence-corrected chi connectivity index (χ1v) is 7.20. The van der Waals surface area contributed by atoms with Crippen LogP contribution < -0.4 is 15.0 Å². The molecule has 1 saturated heterocycles. The van der Waals surface area contributed by atoms with Gasteiger partial charge in [-0.2, -0.15) is 0 Å². The molecule has 120 valence electrons. The second kappa shape index (κ2) is 6.37. The highest BCUT2D eigenvalue weighted by Crippen LogP contribution is 2.24. The summed E-state index contributed by atoms with van der Waals surface area (Å²) >= 11 is 0. The Bertz CT molecular complexity index is 826. The Balaban J connectivity index is 1.98. The molecular formula is C18H14N2O4. The molecule has 6 nitrogen and oxygen atoms in total. The number of carbonyl (C=O) groups is 3. The molecular weight excluding hydrogens is 308 g/mol. The molecule has 2 aromatic carbocycles. The van der Waals surface area contributed by atoms with Crippen molar-refractivity contribution in [2.75, 3.05) is 12.0 Å². The van der Waals surface area contributed by atoms with Crippen molar-refractivity contribution in [2.45, 2.75) is 0 Å². The van der Waals surface area contributed by atoms with E-state index in [1.165, 1.54) is 13.2 Å². The molecule has 1 N–H and O–H groups in total. The number of hydrogen-bond donors (Lipinski definition) is 1. The number of carbonyl (C=O) groups excluding carboxylic acids is 3. The van der Waals surface area contributed by atoms with Crippen LogP contribution in [0.15, 0.2) is 60.2 Å². The predicted molar refractivity (Wildman–Crippen MR) is 88.4 cm³/mol. The van der Waals surface area contributed by atoms with Crippen molar-refractivity contribution in [2.24, 2.45) is 0 Å². The van der Waals surface area contributed by atoms with E-state index in [1.54, 1.807) is 48.5 Å². The normalized spacial score (nSPS) is 16.3. The van der Waals surface area contributed by atoms with Crippen LogP contribution in [0.4, 0.5) is 10.5 Å². The maximum atomic E-state index is 12.7. The lowest BCUT2D eigenvalue weighted by atomic mass is 10.1. The third kappa shape index (κ3) is 2.89. The SMILES string of the molecule is COc1ccc(N2C(=O)NC(=O)C(=Cc3ccccc3)C2=O)cc1. The number of barbiturate groups is 1. The number of amides is 4. The topological polar surface area (TPSA) is 75.7 Å². The van der Waals surface area contributed by atoms with Crippen molar-refractivity contribution in [1.29, 1.82) is 0 Å². The molecule has 2 aromatic rings. The van der Waals surface area contributed by atoms with Gasteiger partial charge in [0, 0.05) is 0 Å². The Morgan fingerprint density at radius 1 is 0.958 bits per heavy atom. The number of benzene rings is 2. The van der Waals surface area contributed by atoms with E-state index >= 15 is 0 Å². The van der Waals surface area contributed by atoms with Crippen LogP contribution in [0.1, 0.15) is 5.56 Å². The van der Waals surface area contributed by atoms with E-state index in [4.69, 9.17) is 4.74 Å². The van der Waals surface area contributed by atoms with Crippen LogP contribution in [0.3, 0.4) is 0 Å². The maximum Gasteiger partial charge on any atom is 0.335 e. The van der Waals surface area contributed by atoms with Gasteiger partial charge in [0.2, 0.25) is 0 Å². The number of urea groups is 1. The Hall–Kier alpha value is -3.41. The Labute approximate surface area is 138 Å². The van der Waals surface area contributed by atoms with Crippen molar-refractivity contribution in [3.05, 3.63) is 65.7 Å². The minimum absolute atomic E-state index is 0.100. The highest BCUT2D eigenvalue weighted by molar-refractivity contribution is 6.39. The van der Waals surface area contributed by atoms with E-state index in [-0.39, 0.29) is 5.57 Å². The van der Waals surface area contributed by atoms with Gasteiger partial charge in [-0.3, -0.25) is 14.9 Å². The molecule has 1 aliphatic heterocycles. The lowest BCUT2D eigenvalue weighted by molar-refractivity contribution is -0.122. The predicted octanol–water partition coefficient (Wildman–Crippen LogP) is 2.36. The monoisotopic (exact) mass is 322 g/mol. The lowest BCUT2D eigenvalue weighted by Crippen LogP contribution is -2.54. The second-order valence-corrected chi connectivity index (χ2v) is 5.07. The van der Waals surface area contributed by atoms with Crippen molar-refractivity contribution < 1.29 is 19.1 Å². The van der Waals surface area contributed by atoms with Crippen molar-refractivity contribution in [1.82, 2.24) is 5.32 Å². The summed E-state index contributed by atoms with van der Waals surface area (Å²) in [7, 11) is 1.52. The molecule has 24 heavy (non-hydrogen) atoms. The fourth-order valence-corrected chi connectivity index (χ4v) is 2.34. The van der Waals surface area contributed by atoms with Gasteiger partial charge in [-0.1, -0.05) is 30.3 Å². The van der Waals surface area contributed by atoms with Gasteiger partial charge in [0.1, 0.15) is 11.3 Å². The molecule has 6 heteroatoms. The highest BCUT2D eigenvalue weighted by Gasteiger charge is 2.36. The molecule has 0 spiro atoms. The van der Waals surface area contributed by atoms with E-state index in [1.807, 2.05) is 6.07 Å². The first-order chi connectivity index (χ1) is 11.6. The summed E-state index contributed by atoms with van der Waals surface area (Å²) < 4.78 is 5.06. The molecule has 0 atom stereocenters. The Morgan fingerprint density at radius 2 is 1.62 bits per heavy atom. The van der Waals surface area contributed by atoms with Gasteiger partial charge >= 0.3 is 6.03 Å². The first-order valence-electron chi connectivity index (χ1n) is 7.20. The number of imide groups is 2. The van der Waals surface area contributed by atoms with Crippen LogP contribution >= 0.6 is 0 Å². The van der Waals surface area contributed by atoms with E-state index in [0.717, 1.165) is 4.90 Å². The molecule has 0 aromatic heterocycles. The molecule has 0 bridgehead atoms. The van der Waals surface area contributed by atoms with Gasteiger partial charge in [0.05, 0.1) is 12.8 Å². The molecule has 1 aliphatic rings. The van der Waals surface area contributed by atoms with Crippen LogP contribution in [-0.2, 0) is 9.59 Å². The minimum atomic E-state index is -0.777. The molecule has 0 radical (unpaired) electrons. The third-order valence-corrected chi connectivity index (χ3v) is 3.54. The standard InChI is InChI=1S/C18H14N2O4/c1-24-14-9-7-13(8-10-14)20-17(22)15(16(21)19-18(20)23)11-12-5-3-2-4-6-12/h2-11H,1H3,(H,19,21,23). The number of hydrogen-bond acceptors (Lipinski definition) is 4. The van der Waals surface area contributed by atoms with Gasteiger partial charge in [-0.05, 0) is 35.9 Å². The van der Waals surface area contributed by atoms with Crippen molar-refractivity contribution in [3.63, 3.8) is 0 Å². The Morgan fingerprint density at radius 3 is 2.25 bits per heavy atom. The van der Waals surface area contributed by atoms with Gasteiger partial charge in [0.25, 0.3) is 11.8 Å². The lowest BCUT2D eigenvalue weighted by Gasteiger charge is -2.26. The smallest absolute Gasteiger partial charge is 0.335 e. The van der Waals surface area contributed by atoms with Crippen molar-refractivity contribution >= 4 is 29.6 Å². The van der Waals surface area contributed by atoms with E-state index in [2.05, 4.69) is 5.32 Å². The number of ether oxygens (including phenoxy) is 1. The summed E-state index contributed by atoms with van der Waals surface area (Å²) in [4.78, 5) is 37.7. The fraction of sp³-hybridized carbons (Fsp3) is 0.0556. The first kappa shape index (κ1) is 15.5. The van der Waals surface area contributed by atoms with Crippen LogP contribution in [-0.4, -0.2) is 25.0 Å². The average molecular weight is 322 g/mol. The van der Waals surface area contributed by atoms with Crippen LogP contribution in [0.2, 0.25) is 0 Å². The number of methoxy groups -OCH3 is 1. The minimum Gasteiger partial charge on any atom is -0.497 e. The van der Waals surface area contributed by atoms with Crippen LogP contribution in [0.5, 0.6) is 5.75 Å². The fourth-order valence-electron chi connectivity index (χ4n) is 2.34. The van der Waals surface area contributed by atoms with Gasteiger partial charge in [0.15, 0.2) is 0 Å². The van der Waals surface area contributed by atoms with E-state index < -0.39 is 17.8 Å². The quantitative estimate of drug-likeness (QED) is 0.695. The van der Waals surface area contributed by atoms with Crippen LogP contribution in [0, 0.1) is 0 Å². The molecule has 0 aliphatic carbocycles. The van der Waals surface area contributed by atoms with Gasteiger partial charge < -0.3 is 4.74 Å². The molecule has 0 saturated carbocycles. The highest BCUT2D eigenvalue weighted by atomic mass is 16.5. The molecule has 1 fully saturated rings. The Kier molecular flexibility index (Phi) is 4.11. The maximum absolute atomic E-state index is 12.7. The zero-order chi connectivity index (χ0) is 17.1. The van der Waals surface area contributed by atoms with Crippen molar-refractivity contribution in [3.8, 4) is 5.75 Å². The summed E-state index contributed by atoms with van der Waals surface area (Å²) in [5.74, 6) is -0.781. The average Bonchev–Trinajstić information content (AvgIpc) is 2.60. The summed E-state index contributed by atoms with van der Waals surface area (Å²) in [6.07, 6.45) is 1.46. The summed E-state index contributed by atoms with van der Waals surface area (Å²) in [6.45, 7) is 0. The number of rotatable bonds is 3. The zero-order valence-corrected chi connectivity index (χ0v) is 12.9. The van der Waals surface area contributed by atoms with E-state index in [9.17, 15) is 14.4 Å². The molecule has 3 rings (SSSR count). The summed E-state index contributed by atoms with van der Waals surface area (Å²) in [6, 6.07) is 14.6. The zero-order valence-electron chi connectivity index (χ0n) is 12.9. The number of nitrogens with one attached hydrogen (secondary N) is 1. The largest absolute Gasteiger partial charge is 0.497 e.